The molecule has 5 nitrogen and oxygen atoms in total. The van der Waals surface area contributed by atoms with Gasteiger partial charge in [0.25, 0.3) is 0 Å². The van der Waals surface area contributed by atoms with Gasteiger partial charge in [0.1, 0.15) is 5.82 Å². The molecule has 0 spiro atoms. The van der Waals surface area contributed by atoms with Gasteiger partial charge in [0.15, 0.2) is 0 Å². The first kappa shape index (κ1) is 19.5. The SMILES string of the molecule is CC(C)n1nc(-c2ccccc2)cc1NC(=O)CCC1CCNC1.Cl. The standard InChI is InChI=1S/C19H26N4O.ClH/c1-14(2)23-18(12-17(22-23)16-6-4-3-5-7-16)21-19(24)9-8-15-10-11-20-13-15;/h3-7,12,14-15,20H,8-11,13H2,1-2H3,(H,21,24);1H. The average Bonchev–Trinajstić information content (AvgIpc) is 3.23. The largest absolute Gasteiger partial charge is 0.316 e. The lowest BCUT2D eigenvalue weighted by atomic mass is 10.0. The molecule has 1 amide bonds. The van der Waals surface area contributed by atoms with Crippen LogP contribution in [0.25, 0.3) is 11.3 Å². The summed E-state index contributed by atoms with van der Waals surface area (Å²) in [6.07, 6.45) is 2.69. The van der Waals surface area contributed by atoms with Crippen LogP contribution >= 0.6 is 12.4 Å². The van der Waals surface area contributed by atoms with Gasteiger partial charge < -0.3 is 10.6 Å². The molecule has 1 aliphatic rings. The van der Waals surface area contributed by atoms with Crippen molar-refractivity contribution in [3.05, 3.63) is 36.4 Å². The van der Waals surface area contributed by atoms with Gasteiger partial charge in [-0.1, -0.05) is 30.3 Å². The van der Waals surface area contributed by atoms with Gasteiger partial charge in [0.2, 0.25) is 5.91 Å². The number of aromatic nitrogens is 2. The highest BCUT2D eigenvalue weighted by Crippen LogP contribution is 2.25. The van der Waals surface area contributed by atoms with Crippen LogP contribution in [0.5, 0.6) is 0 Å². The third-order valence-electron chi connectivity index (χ3n) is 4.50. The number of anilines is 1. The summed E-state index contributed by atoms with van der Waals surface area (Å²) in [6.45, 7) is 6.26. The Balaban J connectivity index is 0.00000225. The summed E-state index contributed by atoms with van der Waals surface area (Å²) in [5.41, 5.74) is 1.95. The van der Waals surface area contributed by atoms with Crippen LogP contribution in [0, 0.1) is 5.92 Å². The van der Waals surface area contributed by atoms with E-state index in [9.17, 15) is 4.79 Å². The zero-order valence-electron chi connectivity index (χ0n) is 14.9. The van der Waals surface area contributed by atoms with Crippen molar-refractivity contribution >= 4 is 24.1 Å². The smallest absolute Gasteiger partial charge is 0.225 e. The number of carbonyl (C=O) groups is 1. The van der Waals surface area contributed by atoms with E-state index in [0.717, 1.165) is 36.6 Å². The summed E-state index contributed by atoms with van der Waals surface area (Å²) in [4.78, 5) is 12.3. The van der Waals surface area contributed by atoms with Gasteiger partial charge >= 0.3 is 0 Å². The van der Waals surface area contributed by atoms with Gasteiger partial charge in [-0.15, -0.1) is 12.4 Å². The minimum absolute atomic E-state index is 0. The molecule has 1 aromatic heterocycles. The van der Waals surface area contributed by atoms with Crippen LogP contribution in [-0.2, 0) is 4.79 Å². The van der Waals surface area contributed by atoms with E-state index in [2.05, 4.69) is 29.6 Å². The zero-order chi connectivity index (χ0) is 16.9. The van der Waals surface area contributed by atoms with Crippen molar-refractivity contribution in [1.82, 2.24) is 15.1 Å². The van der Waals surface area contributed by atoms with Crippen molar-refractivity contribution in [2.45, 2.75) is 39.2 Å². The van der Waals surface area contributed by atoms with Crippen molar-refractivity contribution in [3.63, 3.8) is 0 Å². The molecule has 3 rings (SSSR count). The predicted octanol–water partition coefficient (Wildman–Crippen LogP) is 3.88. The summed E-state index contributed by atoms with van der Waals surface area (Å²) < 4.78 is 1.89. The Hall–Kier alpha value is -1.85. The highest BCUT2D eigenvalue weighted by atomic mass is 35.5. The molecule has 1 saturated heterocycles. The lowest BCUT2D eigenvalue weighted by molar-refractivity contribution is -0.116. The monoisotopic (exact) mass is 362 g/mol. The first-order valence-electron chi connectivity index (χ1n) is 8.79. The van der Waals surface area contributed by atoms with E-state index in [1.54, 1.807) is 0 Å². The summed E-state index contributed by atoms with van der Waals surface area (Å²) in [5.74, 6) is 1.48. The molecule has 25 heavy (non-hydrogen) atoms. The molecule has 1 atom stereocenters. The summed E-state index contributed by atoms with van der Waals surface area (Å²) in [5, 5.41) is 11.1. The van der Waals surface area contributed by atoms with E-state index in [1.165, 1.54) is 6.42 Å². The Morgan fingerprint density at radius 2 is 2.12 bits per heavy atom. The number of halogens is 1. The van der Waals surface area contributed by atoms with Crippen LogP contribution in [0.1, 0.15) is 39.2 Å². The molecule has 1 aliphatic heterocycles. The molecule has 136 valence electrons. The number of benzene rings is 1. The Bertz CT molecular complexity index is 678. The van der Waals surface area contributed by atoms with Gasteiger partial charge in [-0.2, -0.15) is 5.10 Å². The Labute approximate surface area is 155 Å². The van der Waals surface area contributed by atoms with E-state index in [1.807, 2.05) is 41.1 Å². The van der Waals surface area contributed by atoms with Crippen LogP contribution in [0.3, 0.4) is 0 Å². The number of carbonyl (C=O) groups excluding carboxylic acids is 1. The quantitative estimate of drug-likeness (QED) is 0.819. The highest BCUT2D eigenvalue weighted by molar-refractivity contribution is 5.90. The van der Waals surface area contributed by atoms with Gasteiger partial charge in [-0.3, -0.25) is 4.79 Å². The second-order valence-electron chi connectivity index (χ2n) is 6.76. The molecule has 1 fully saturated rings. The van der Waals surface area contributed by atoms with Crippen LogP contribution in [0.4, 0.5) is 5.82 Å². The number of nitrogens with zero attached hydrogens (tertiary/aromatic N) is 2. The van der Waals surface area contributed by atoms with Crippen molar-refractivity contribution in [2.24, 2.45) is 5.92 Å². The lowest BCUT2D eigenvalue weighted by Crippen LogP contribution is -2.18. The summed E-state index contributed by atoms with van der Waals surface area (Å²) in [6, 6.07) is 12.2. The molecule has 0 aliphatic carbocycles. The number of nitrogens with one attached hydrogen (secondary N) is 2. The van der Waals surface area contributed by atoms with E-state index in [0.29, 0.717) is 12.3 Å². The first-order valence-corrected chi connectivity index (χ1v) is 8.79. The summed E-state index contributed by atoms with van der Waals surface area (Å²) >= 11 is 0. The van der Waals surface area contributed by atoms with Crippen molar-refractivity contribution in [2.75, 3.05) is 18.4 Å². The molecule has 2 heterocycles. The molecule has 0 bridgehead atoms. The zero-order valence-corrected chi connectivity index (χ0v) is 15.7. The molecular weight excluding hydrogens is 336 g/mol. The highest BCUT2D eigenvalue weighted by Gasteiger charge is 2.18. The summed E-state index contributed by atoms with van der Waals surface area (Å²) in [7, 11) is 0. The van der Waals surface area contributed by atoms with Crippen molar-refractivity contribution in [3.8, 4) is 11.3 Å². The predicted molar refractivity (Wildman–Crippen MR) is 104 cm³/mol. The molecule has 2 aromatic rings. The maximum absolute atomic E-state index is 12.3. The second kappa shape index (κ2) is 9.02. The molecule has 6 heteroatoms. The molecular formula is C19H27ClN4O. The fourth-order valence-electron chi connectivity index (χ4n) is 3.13. The van der Waals surface area contributed by atoms with Gasteiger partial charge in [0, 0.05) is 24.1 Å². The molecule has 1 aromatic carbocycles. The topological polar surface area (TPSA) is 59.0 Å². The van der Waals surface area contributed by atoms with Crippen molar-refractivity contribution < 1.29 is 4.79 Å². The molecule has 1 unspecified atom stereocenters. The number of amides is 1. The Morgan fingerprint density at radius 3 is 2.76 bits per heavy atom. The third kappa shape index (κ3) is 5.06. The molecule has 0 radical (unpaired) electrons. The van der Waals surface area contributed by atoms with Crippen LogP contribution < -0.4 is 10.6 Å². The van der Waals surface area contributed by atoms with Crippen LogP contribution in [0.15, 0.2) is 36.4 Å². The third-order valence-corrected chi connectivity index (χ3v) is 4.50. The minimum Gasteiger partial charge on any atom is -0.316 e. The Morgan fingerprint density at radius 1 is 1.36 bits per heavy atom. The maximum atomic E-state index is 12.3. The average molecular weight is 363 g/mol. The Kier molecular flexibility index (Phi) is 7.02. The van der Waals surface area contributed by atoms with E-state index in [-0.39, 0.29) is 24.4 Å². The van der Waals surface area contributed by atoms with E-state index < -0.39 is 0 Å². The normalized spacial score (nSPS) is 16.7. The van der Waals surface area contributed by atoms with Gasteiger partial charge in [-0.05, 0) is 45.7 Å². The lowest BCUT2D eigenvalue weighted by Gasteiger charge is -2.12. The fourth-order valence-corrected chi connectivity index (χ4v) is 3.13. The molecule has 0 saturated carbocycles. The minimum atomic E-state index is 0. The van der Waals surface area contributed by atoms with E-state index >= 15 is 0 Å². The number of hydrogen-bond donors (Lipinski definition) is 2. The molecule has 2 N–H and O–H groups in total. The fraction of sp³-hybridized carbons (Fsp3) is 0.474. The first-order chi connectivity index (χ1) is 11.6. The number of rotatable bonds is 6. The second-order valence-corrected chi connectivity index (χ2v) is 6.76. The maximum Gasteiger partial charge on any atom is 0.225 e. The van der Waals surface area contributed by atoms with Crippen LogP contribution in [0.2, 0.25) is 0 Å². The van der Waals surface area contributed by atoms with Gasteiger partial charge in [-0.25, -0.2) is 4.68 Å². The van der Waals surface area contributed by atoms with Gasteiger partial charge in [0.05, 0.1) is 5.69 Å². The van der Waals surface area contributed by atoms with E-state index in [4.69, 9.17) is 0 Å². The van der Waals surface area contributed by atoms with Crippen LogP contribution in [-0.4, -0.2) is 28.8 Å². The van der Waals surface area contributed by atoms with Crippen molar-refractivity contribution in [1.29, 1.82) is 0 Å². The number of hydrogen-bond acceptors (Lipinski definition) is 3.